The molecule has 0 saturated carbocycles. The second-order valence-corrected chi connectivity index (χ2v) is 5.53. The van der Waals surface area contributed by atoms with E-state index in [2.05, 4.69) is 15.5 Å². The molecule has 1 atom stereocenters. The van der Waals surface area contributed by atoms with Crippen molar-refractivity contribution in [2.75, 3.05) is 0 Å². The smallest absolute Gasteiger partial charge is 0.321 e. The summed E-state index contributed by atoms with van der Waals surface area (Å²) in [5.74, 6) is -0.932. The molecule has 1 heterocycles. The molecule has 3 aromatic rings. The Balaban J connectivity index is 1.92. The molecule has 1 aromatic heterocycles. The average molecular weight is 312 g/mol. The van der Waals surface area contributed by atoms with Crippen LogP contribution in [0.3, 0.4) is 0 Å². The van der Waals surface area contributed by atoms with Gasteiger partial charge in [0, 0.05) is 0 Å². The Kier molecular flexibility index (Phi) is 4.15. The van der Waals surface area contributed by atoms with Gasteiger partial charge in [-0.15, -0.1) is 5.10 Å². The zero-order valence-electron chi connectivity index (χ0n) is 11.4. The Morgan fingerprint density at radius 2 is 1.68 bits per heavy atom. The monoisotopic (exact) mass is 312 g/mol. The highest BCUT2D eigenvalue weighted by molar-refractivity contribution is 8.00. The van der Waals surface area contributed by atoms with E-state index in [1.807, 2.05) is 48.5 Å². The molecule has 0 aliphatic rings. The fourth-order valence-electron chi connectivity index (χ4n) is 1.98. The number of hydrogen-bond acceptors (Lipinski definition) is 5. The van der Waals surface area contributed by atoms with Crippen LogP contribution >= 0.6 is 11.8 Å². The van der Waals surface area contributed by atoms with E-state index >= 15 is 0 Å². The van der Waals surface area contributed by atoms with Crippen LogP contribution in [0.5, 0.6) is 0 Å². The minimum Gasteiger partial charge on any atom is -0.480 e. The molecular weight excluding hydrogens is 300 g/mol. The number of tetrazole rings is 1. The van der Waals surface area contributed by atoms with Crippen LogP contribution in [0.15, 0.2) is 65.8 Å². The predicted octanol–water partition coefficient (Wildman–Crippen LogP) is 2.58. The number of thioether (sulfide) groups is 1. The summed E-state index contributed by atoms with van der Waals surface area (Å²) in [6.45, 7) is 0. The van der Waals surface area contributed by atoms with Gasteiger partial charge in [0.25, 0.3) is 0 Å². The van der Waals surface area contributed by atoms with Gasteiger partial charge in [-0.3, -0.25) is 4.79 Å². The Morgan fingerprint density at radius 3 is 2.32 bits per heavy atom. The summed E-state index contributed by atoms with van der Waals surface area (Å²) < 4.78 is 1.53. The summed E-state index contributed by atoms with van der Waals surface area (Å²) in [5.41, 5.74) is 1.48. The van der Waals surface area contributed by atoms with Crippen molar-refractivity contribution < 1.29 is 9.90 Å². The van der Waals surface area contributed by atoms with E-state index in [-0.39, 0.29) is 0 Å². The number of hydrogen-bond donors (Lipinski definition) is 1. The number of benzene rings is 2. The molecule has 7 heteroatoms. The molecule has 2 aromatic carbocycles. The minimum atomic E-state index is -0.932. The number of aliphatic carboxylic acids is 1. The molecule has 6 nitrogen and oxygen atoms in total. The van der Waals surface area contributed by atoms with Crippen molar-refractivity contribution in [3.63, 3.8) is 0 Å². The molecule has 22 heavy (non-hydrogen) atoms. The highest BCUT2D eigenvalue weighted by Crippen LogP contribution is 2.34. The van der Waals surface area contributed by atoms with E-state index in [0.29, 0.717) is 10.7 Å². The van der Waals surface area contributed by atoms with Gasteiger partial charge in [-0.2, -0.15) is 4.68 Å². The maximum Gasteiger partial charge on any atom is 0.321 e. The van der Waals surface area contributed by atoms with Crippen molar-refractivity contribution in [2.45, 2.75) is 10.4 Å². The Hall–Kier alpha value is -2.67. The van der Waals surface area contributed by atoms with Crippen LogP contribution in [0.1, 0.15) is 10.8 Å². The zero-order chi connectivity index (χ0) is 15.4. The first-order valence-electron chi connectivity index (χ1n) is 6.54. The van der Waals surface area contributed by atoms with Gasteiger partial charge in [-0.1, -0.05) is 60.3 Å². The van der Waals surface area contributed by atoms with E-state index in [1.54, 1.807) is 12.1 Å². The lowest BCUT2D eigenvalue weighted by molar-refractivity contribution is -0.136. The molecule has 0 aliphatic heterocycles. The van der Waals surface area contributed by atoms with Crippen molar-refractivity contribution in [3.8, 4) is 5.69 Å². The molecule has 0 spiro atoms. The number of nitrogens with zero attached hydrogens (tertiary/aromatic N) is 4. The van der Waals surface area contributed by atoms with Crippen LogP contribution in [0.4, 0.5) is 0 Å². The lowest BCUT2D eigenvalue weighted by atomic mass is 10.1. The fraction of sp³-hybridized carbons (Fsp3) is 0.0667. The molecule has 110 valence electrons. The van der Waals surface area contributed by atoms with E-state index < -0.39 is 11.2 Å². The van der Waals surface area contributed by atoms with Crippen LogP contribution in [0.25, 0.3) is 5.69 Å². The third kappa shape index (κ3) is 2.99. The van der Waals surface area contributed by atoms with Gasteiger partial charge in [-0.05, 0) is 28.1 Å². The molecule has 0 fully saturated rings. The topological polar surface area (TPSA) is 80.9 Å². The normalized spacial score (nSPS) is 12.0. The first-order chi connectivity index (χ1) is 10.8. The number of carboxylic acid groups (broad SMARTS) is 1. The van der Waals surface area contributed by atoms with E-state index in [9.17, 15) is 9.90 Å². The largest absolute Gasteiger partial charge is 0.480 e. The van der Waals surface area contributed by atoms with E-state index in [4.69, 9.17) is 0 Å². The van der Waals surface area contributed by atoms with E-state index in [0.717, 1.165) is 17.4 Å². The van der Waals surface area contributed by atoms with Crippen molar-refractivity contribution in [2.24, 2.45) is 0 Å². The number of carbonyl (C=O) groups is 1. The summed E-state index contributed by atoms with van der Waals surface area (Å²) in [6, 6.07) is 18.4. The number of rotatable bonds is 5. The fourth-order valence-corrected chi connectivity index (χ4v) is 2.91. The van der Waals surface area contributed by atoms with Crippen molar-refractivity contribution in [1.82, 2.24) is 20.2 Å². The molecule has 0 amide bonds. The highest BCUT2D eigenvalue weighted by atomic mass is 32.2. The Bertz CT molecular complexity index is 761. The molecule has 0 aliphatic carbocycles. The minimum absolute atomic E-state index is 0.433. The maximum absolute atomic E-state index is 11.6. The molecule has 1 unspecified atom stereocenters. The standard InChI is InChI=1S/C15H12N4O2S/c20-14(21)13(11-7-3-1-4-8-11)22-15-16-17-18-19(15)12-9-5-2-6-10-12/h1-10,13H,(H,20,21). The van der Waals surface area contributed by atoms with E-state index in [1.165, 1.54) is 4.68 Å². The first kappa shape index (κ1) is 14.3. The molecule has 0 radical (unpaired) electrons. The summed E-state index contributed by atoms with van der Waals surface area (Å²) in [6.07, 6.45) is 0. The summed E-state index contributed by atoms with van der Waals surface area (Å²) in [4.78, 5) is 11.6. The van der Waals surface area contributed by atoms with Crippen molar-refractivity contribution in [3.05, 3.63) is 66.2 Å². The van der Waals surface area contributed by atoms with Gasteiger partial charge in [0.2, 0.25) is 5.16 Å². The molecular formula is C15H12N4O2S. The van der Waals surface area contributed by atoms with Crippen LogP contribution in [0.2, 0.25) is 0 Å². The summed E-state index contributed by atoms with van der Waals surface area (Å²) in [5, 5.41) is 20.7. The van der Waals surface area contributed by atoms with Crippen LogP contribution in [-0.4, -0.2) is 31.3 Å². The lowest BCUT2D eigenvalue weighted by Crippen LogP contribution is -2.09. The second-order valence-electron chi connectivity index (χ2n) is 4.46. The lowest BCUT2D eigenvalue weighted by Gasteiger charge is -2.11. The van der Waals surface area contributed by atoms with Gasteiger partial charge >= 0.3 is 5.97 Å². The quantitative estimate of drug-likeness (QED) is 0.729. The molecule has 1 N–H and O–H groups in total. The summed E-state index contributed by atoms with van der Waals surface area (Å²) in [7, 11) is 0. The third-order valence-electron chi connectivity index (χ3n) is 2.99. The maximum atomic E-state index is 11.6. The SMILES string of the molecule is O=C(O)C(Sc1nnnn1-c1ccccc1)c1ccccc1. The highest BCUT2D eigenvalue weighted by Gasteiger charge is 2.24. The zero-order valence-corrected chi connectivity index (χ0v) is 12.2. The summed E-state index contributed by atoms with van der Waals surface area (Å²) >= 11 is 1.11. The third-order valence-corrected chi connectivity index (χ3v) is 4.17. The molecule has 3 rings (SSSR count). The molecule has 0 bridgehead atoms. The average Bonchev–Trinajstić information content (AvgIpc) is 3.02. The number of carboxylic acids is 1. The predicted molar refractivity (Wildman–Crippen MR) is 81.8 cm³/mol. The van der Waals surface area contributed by atoms with Crippen LogP contribution < -0.4 is 0 Å². The first-order valence-corrected chi connectivity index (χ1v) is 7.42. The van der Waals surface area contributed by atoms with Gasteiger partial charge in [0.15, 0.2) is 0 Å². The molecule has 0 saturated heterocycles. The van der Waals surface area contributed by atoms with Gasteiger partial charge in [0.05, 0.1) is 5.69 Å². The number of aromatic nitrogens is 4. The second kappa shape index (κ2) is 6.40. The van der Waals surface area contributed by atoms with Crippen molar-refractivity contribution in [1.29, 1.82) is 0 Å². The van der Waals surface area contributed by atoms with Crippen molar-refractivity contribution >= 4 is 17.7 Å². The van der Waals surface area contributed by atoms with Gasteiger partial charge in [-0.25, -0.2) is 0 Å². The van der Waals surface area contributed by atoms with Crippen LogP contribution in [-0.2, 0) is 4.79 Å². The number of para-hydroxylation sites is 1. The van der Waals surface area contributed by atoms with Gasteiger partial charge in [0.1, 0.15) is 5.25 Å². The Morgan fingerprint density at radius 1 is 1.05 bits per heavy atom. The Labute approximate surface area is 130 Å². The van der Waals surface area contributed by atoms with Gasteiger partial charge < -0.3 is 5.11 Å². The van der Waals surface area contributed by atoms with Crippen LogP contribution in [0, 0.1) is 0 Å².